The third kappa shape index (κ3) is 4.40. The molecule has 0 saturated carbocycles. The summed E-state index contributed by atoms with van der Waals surface area (Å²) in [6.07, 6.45) is 2.47. The number of rotatable bonds is 5. The van der Waals surface area contributed by atoms with Crippen LogP contribution in [0, 0.1) is 0 Å². The number of ether oxygens (including phenoxy) is 1. The molecule has 1 aromatic heterocycles. The summed E-state index contributed by atoms with van der Waals surface area (Å²) in [4.78, 5) is 18.5. The van der Waals surface area contributed by atoms with E-state index >= 15 is 0 Å². The maximum absolute atomic E-state index is 12.5. The molecule has 0 aromatic carbocycles. The zero-order chi connectivity index (χ0) is 15.2. The summed E-state index contributed by atoms with van der Waals surface area (Å²) in [6, 6.07) is 3.43. The van der Waals surface area contributed by atoms with Crippen molar-refractivity contribution in [2.75, 3.05) is 26.3 Å². The molecule has 0 aliphatic carbocycles. The lowest BCUT2D eigenvalue weighted by molar-refractivity contribution is -0.00554. The van der Waals surface area contributed by atoms with Gasteiger partial charge in [-0.1, -0.05) is 18.5 Å². The van der Waals surface area contributed by atoms with Crippen LogP contribution in [-0.4, -0.2) is 53.3 Å². The first-order valence-electron chi connectivity index (χ1n) is 7.32. The second-order valence-corrected chi connectivity index (χ2v) is 5.50. The van der Waals surface area contributed by atoms with E-state index in [-0.39, 0.29) is 18.6 Å². The Morgan fingerprint density at radius 1 is 1.48 bits per heavy atom. The minimum Gasteiger partial charge on any atom is -0.394 e. The highest BCUT2D eigenvalue weighted by molar-refractivity contribution is 6.29. The highest BCUT2D eigenvalue weighted by atomic mass is 35.5. The van der Waals surface area contributed by atoms with Gasteiger partial charge in [0.15, 0.2) is 0 Å². The van der Waals surface area contributed by atoms with E-state index < -0.39 is 0 Å². The van der Waals surface area contributed by atoms with E-state index in [2.05, 4.69) is 4.98 Å². The first-order valence-corrected chi connectivity index (χ1v) is 7.70. The van der Waals surface area contributed by atoms with Gasteiger partial charge in [-0.25, -0.2) is 4.98 Å². The molecular formula is C15H21ClN2O3. The van der Waals surface area contributed by atoms with E-state index in [9.17, 15) is 4.79 Å². The summed E-state index contributed by atoms with van der Waals surface area (Å²) in [6.45, 7) is 3.70. The van der Waals surface area contributed by atoms with Gasteiger partial charge in [0.05, 0.1) is 19.3 Å². The van der Waals surface area contributed by atoms with Crippen LogP contribution in [0.15, 0.2) is 12.1 Å². The van der Waals surface area contributed by atoms with Crippen molar-refractivity contribution in [2.24, 2.45) is 0 Å². The average molecular weight is 313 g/mol. The van der Waals surface area contributed by atoms with Gasteiger partial charge in [-0.2, -0.15) is 0 Å². The zero-order valence-corrected chi connectivity index (χ0v) is 13.0. The first-order chi connectivity index (χ1) is 10.1. The summed E-state index contributed by atoms with van der Waals surface area (Å²) in [5.41, 5.74) is 1.42. The molecule has 2 heterocycles. The fourth-order valence-electron chi connectivity index (χ4n) is 2.48. The molecule has 1 N–H and O–H groups in total. The van der Waals surface area contributed by atoms with Gasteiger partial charge in [0.25, 0.3) is 5.91 Å². The number of nitrogens with zero attached hydrogens (tertiary/aromatic N) is 2. The fourth-order valence-corrected chi connectivity index (χ4v) is 2.71. The lowest BCUT2D eigenvalue weighted by Gasteiger charge is -2.32. The second-order valence-electron chi connectivity index (χ2n) is 5.11. The number of piperidine rings is 1. The number of likely N-dealkylation sites (tertiary alicyclic amines) is 1. The molecule has 6 heteroatoms. The summed E-state index contributed by atoms with van der Waals surface area (Å²) < 4.78 is 5.50. The molecule has 1 amide bonds. The maximum Gasteiger partial charge on any atom is 0.254 e. The van der Waals surface area contributed by atoms with E-state index in [0.29, 0.717) is 30.4 Å². The number of aryl methyl sites for hydroxylation is 1. The lowest BCUT2D eigenvalue weighted by Crippen LogP contribution is -2.41. The van der Waals surface area contributed by atoms with E-state index in [1.54, 1.807) is 6.07 Å². The quantitative estimate of drug-likeness (QED) is 0.844. The Kier molecular flexibility index (Phi) is 5.96. The van der Waals surface area contributed by atoms with E-state index in [0.717, 1.165) is 25.0 Å². The number of amides is 1. The number of aliphatic hydroxyl groups is 1. The van der Waals surface area contributed by atoms with Crippen molar-refractivity contribution in [3.8, 4) is 0 Å². The number of hydrogen-bond donors (Lipinski definition) is 1. The monoisotopic (exact) mass is 312 g/mol. The van der Waals surface area contributed by atoms with Crippen LogP contribution in [0.25, 0.3) is 0 Å². The third-order valence-corrected chi connectivity index (χ3v) is 3.82. The molecule has 1 aromatic rings. The number of pyridine rings is 1. The molecule has 0 atom stereocenters. The van der Waals surface area contributed by atoms with Crippen LogP contribution < -0.4 is 0 Å². The molecule has 0 unspecified atom stereocenters. The third-order valence-electron chi connectivity index (χ3n) is 3.63. The van der Waals surface area contributed by atoms with Crippen molar-refractivity contribution in [1.29, 1.82) is 0 Å². The summed E-state index contributed by atoms with van der Waals surface area (Å²) in [5.74, 6) is -0.00499. The molecule has 1 saturated heterocycles. The van der Waals surface area contributed by atoms with Gasteiger partial charge >= 0.3 is 0 Å². The molecule has 0 bridgehead atoms. The Morgan fingerprint density at radius 3 is 2.81 bits per heavy atom. The molecule has 5 nitrogen and oxygen atoms in total. The molecular weight excluding hydrogens is 292 g/mol. The van der Waals surface area contributed by atoms with Crippen molar-refractivity contribution in [3.63, 3.8) is 0 Å². The second kappa shape index (κ2) is 7.73. The predicted octanol–water partition coefficient (Wildman–Crippen LogP) is 1.91. The SMILES string of the molecule is CCc1cc(C(=O)N2CCC(OCCO)CC2)cc(Cl)n1. The van der Waals surface area contributed by atoms with Gasteiger partial charge in [-0.3, -0.25) is 4.79 Å². The molecule has 21 heavy (non-hydrogen) atoms. The van der Waals surface area contributed by atoms with Crippen LogP contribution in [0.4, 0.5) is 0 Å². The van der Waals surface area contributed by atoms with Crippen LogP contribution in [0.5, 0.6) is 0 Å². The molecule has 1 aliphatic heterocycles. The largest absolute Gasteiger partial charge is 0.394 e. The topological polar surface area (TPSA) is 62.7 Å². The normalized spacial score (nSPS) is 16.2. The summed E-state index contributed by atoms with van der Waals surface area (Å²) >= 11 is 5.97. The maximum atomic E-state index is 12.5. The minimum atomic E-state index is -0.00499. The van der Waals surface area contributed by atoms with Gasteiger partial charge in [-0.05, 0) is 31.4 Å². The fraction of sp³-hybridized carbons (Fsp3) is 0.600. The van der Waals surface area contributed by atoms with Crippen molar-refractivity contribution >= 4 is 17.5 Å². The smallest absolute Gasteiger partial charge is 0.254 e. The standard InChI is InChI=1S/C15H21ClN2O3/c1-2-12-9-11(10-14(16)17-12)15(20)18-5-3-13(4-6-18)21-8-7-19/h9-10,13,19H,2-8H2,1H3. The first kappa shape index (κ1) is 16.2. The van der Waals surface area contributed by atoms with Gasteiger partial charge in [0.1, 0.15) is 5.15 Å². The Balaban J connectivity index is 1.97. The number of hydrogen-bond acceptors (Lipinski definition) is 4. The Bertz CT molecular complexity index is 488. The van der Waals surface area contributed by atoms with E-state index in [1.165, 1.54) is 0 Å². The van der Waals surface area contributed by atoms with Crippen molar-refractivity contribution < 1.29 is 14.6 Å². The van der Waals surface area contributed by atoms with Gasteiger partial charge in [-0.15, -0.1) is 0 Å². The van der Waals surface area contributed by atoms with E-state index in [4.69, 9.17) is 21.4 Å². The Morgan fingerprint density at radius 2 is 2.19 bits per heavy atom. The van der Waals surface area contributed by atoms with Crippen LogP contribution >= 0.6 is 11.6 Å². The number of halogens is 1. The molecule has 0 spiro atoms. The average Bonchev–Trinajstić information content (AvgIpc) is 2.52. The van der Waals surface area contributed by atoms with Crippen molar-refractivity contribution in [2.45, 2.75) is 32.3 Å². The highest BCUT2D eigenvalue weighted by Crippen LogP contribution is 2.18. The molecule has 116 valence electrons. The minimum absolute atomic E-state index is 0.00499. The molecule has 1 aliphatic rings. The zero-order valence-electron chi connectivity index (χ0n) is 12.2. The summed E-state index contributed by atoms with van der Waals surface area (Å²) in [7, 11) is 0. The number of aliphatic hydroxyl groups excluding tert-OH is 1. The van der Waals surface area contributed by atoms with Gasteiger partial charge < -0.3 is 14.7 Å². The molecule has 1 fully saturated rings. The van der Waals surface area contributed by atoms with Crippen LogP contribution in [-0.2, 0) is 11.2 Å². The van der Waals surface area contributed by atoms with Crippen molar-refractivity contribution in [1.82, 2.24) is 9.88 Å². The van der Waals surface area contributed by atoms with Crippen LogP contribution in [0.1, 0.15) is 35.8 Å². The van der Waals surface area contributed by atoms with Gasteiger partial charge in [0.2, 0.25) is 0 Å². The predicted molar refractivity (Wildman–Crippen MR) is 80.6 cm³/mol. The summed E-state index contributed by atoms with van der Waals surface area (Å²) in [5, 5.41) is 9.11. The van der Waals surface area contributed by atoms with Crippen LogP contribution in [0.2, 0.25) is 5.15 Å². The van der Waals surface area contributed by atoms with E-state index in [1.807, 2.05) is 17.9 Å². The number of aromatic nitrogens is 1. The van der Waals surface area contributed by atoms with Gasteiger partial charge in [0, 0.05) is 24.3 Å². The van der Waals surface area contributed by atoms with Crippen molar-refractivity contribution in [3.05, 3.63) is 28.5 Å². The van der Waals surface area contributed by atoms with Crippen LogP contribution in [0.3, 0.4) is 0 Å². The number of carbonyl (C=O) groups excluding carboxylic acids is 1. The lowest BCUT2D eigenvalue weighted by atomic mass is 10.1. The molecule has 2 rings (SSSR count). The molecule has 0 radical (unpaired) electrons. The Labute approximate surface area is 129 Å². The number of carbonyl (C=O) groups is 1. The Hall–Kier alpha value is -1.17. The highest BCUT2D eigenvalue weighted by Gasteiger charge is 2.24.